The number of fused-ring (bicyclic) bond motifs is 2. The van der Waals surface area contributed by atoms with Gasteiger partial charge in [0, 0.05) is 0 Å². The van der Waals surface area contributed by atoms with Crippen molar-refractivity contribution in [2.45, 2.75) is 66.7 Å². The van der Waals surface area contributed by atoms with Crippen LogP contribution in [0.25, 0.3) is 0 Å². The zero-order valence-electron chi connectivity index (χ0n) is 14.1. The average Bonchev–Trinajstić information content (AvgIpc) is 2.38. The Morgan fingerprint density at radius 2 is 2.20 bits per heavy atom. The van der Waals surface area contributed by atoms with Crippen LogP contribution in [0.3, 0.4) is 0 Å². The lowest BCUT2D eigenvalue weighted by Crippen LogP contribution is -2.64. The third-order valence-electron chi connectivity index (χ3n) is 7.01. The molecular formula is C20H32. The Morgan fingerprint density at radius 3 is 2.85 bits per heavy atom. The lowest BCUT2D eigenvalue weighted by atomic mass is 9.34. The zero-order chi connectivity index (χ0) is 14.5. The fourth-order valence-corrected chi connectivity index (χ4v) is 5.98. The molecule has 0 saturated heterocycles. The first-order chi connectivity index (χ1) is 9.45. The van der Waals surface area contributed by atoms with Gasteiger partial charge in [0.05, 0.1) is 0 Å². The Kier molecular flexibility index (Phi) is 3.63. The van der Waals surface area contributed by atoms with Gasteiger partial charge in [-0.3, -0.25) is 0 Å². The van der Waals surface area contributed by atoms with E-state index in [0.29, 0.717) is 5.41 Å². The van der Waals surface area contributed by atoms with Crippen LogP contribution in [0.5, 0.6) is 0 Å². The van der Waals surface area contributed by atoms with Crippen molar-refractivity contribution in [3.63, 3.8) is 0 Å². The average molecular weight is 272 g/mol. The maximum absolute atomic E-state index is 2.58. The number of hydrogen-bond donors (Lipinski definition) is 0. The summed E-state index contributed by atoms with van der Waals surface area (Å²) in [4.78, 5) is 0. The van der Waals surface area contributed by atoms with Crippen LogP contribution in [0.2, 0.25) is 0 Å². The van der Waals surface area contributed by atoms with Crippen molar-refractivity contribution in [2.24, 2.45) is 35.0 Å². The Bertz CT molecular complexity index is 437. The standard InChI is InChI=1S/C20H32/c1-13(2)7-6-8-14(3)16-11-12-20(5)17-10-9-15(4)19(20)18(16)17/h7,9,14,16-19H,6,8,10-12H2,1-5H3/t14-,16+,17+,18+,19-,20?/m1/s1. The Morgan fingerprint density at radius 1 is 1.45 bits per heavy atom. The Balaban J connectivity index is 1.68. The Hall–Kier alpha value is -0.520. The van der Waals surface area contributed by atoms with Crippen LogP contribution in [0, 0.1) is 35.0 Å². The molecule has 0 aromatic heterocycles. The van der Waals surface area contributed by atoms with Crippen molar-refractivity contribution < 1.29 is 0 Å². The third-order valence-corrected chi connectivity index (χ3v) is 7.01. The van der Waals surface area contributed by atoms with Gasteiger partial charge in [-0.15, -0.1) is 0 Å². The van der Waals surface area contributed by atoms with Gasteiger partial charge in [0.2, 0.25) is 0 Å². The second-order valence-electron chi connectivity index (χ2n) is 8.39. The molecule has 3 fully saturated rings. The third kappa shape index (κ3) is 2.02. The van der Waals surface area contributed by atoms with Crippen LogP contribution >= 0.6 is 0 Å². The fraction of sp³-hybridized carbons (Fsp3) is 0.800. The molecule has 3 saturated carbocycles. The van der Waals surface area contributed by atoms with E-state index in [1.54, 1.807) is 5.57 Å². The first-order valence-corrected chi connectivity index (χ1v) is 8.75. The summed E-state index contributed by atoms with van der Waals surface area (Å²) in [6.45, 7) is 12.0. The topological polar surface area (TPSA) is 0 Å². The number of hydrogen-bond acceptors (Lipinski definition) is 0. The molecule has 0 aromatic carbocycles. The van der Waals surface area contributed by atoms with E-state index in [2.05, 4.69) is 46.8 Å². The lowest BCUT2D eigenvalue weighted by molar-refractivity contribution is -0.183. The van der Waals surface area contributed by atoms with Crippen LogP contribution in [-0.4, -0.2) is 0 Å². The van der Waals surface area contributed by atoms with Gasteiger partial charge in [-0.05, 0) is 87.9 Å². The lowest BCUT2D eigenvalue weighted by Gasteiger charge is -2.70. The molecule has 0 aliphatic heterocycles. The van der Waals surface area contributed by atoms with Crippen LogP contribution < -0.4 is 0 Å². The van der Waals surface area contributed by atoms with E-state index in [1.807, 2.05) is 0 Å². The van der Waals surface area contributed by atoms with Gasteiger partial charge >= 0.3 is 0 Å². The van der Waals surface area contributed by atoms with Crippen LogP contribution in [0.15, 0.2) is 23.3 Å². The highest BCUT2D eigenvalue weighted by molar-refractivity contribution is 5.28. The van der Waals surface area contributed by atoms with Gasteiger partial charge in [-0.1, -0.05) is 37.1 Å². The summed E-state index contributed by atoms with van der Waals surface area (Å²) in [7, 11) is 0. The number of allylic oxidation sites excluding steroid dienone is 4. The van der Waals surface area contributed by atoms with Gasteiger partial charge in [0.25, 0.3) is 0 Å². The molecule has 0 amide bonds. The minimum absolute atomic E-state index is 0.680. The van der Waals surface area contributed by atoms with Gasteiger partial charge in [0.15, 0.2) is 0 Å². The minimum Gasteiger partial charge on any atom is -0.0859 e. The van der Waals surface area contributed by atoms with E-state index < -0.39 is 0 Å². The molecule has 0 N–H and O–H groups in total. The summed E-state index contributed by atoms with van der Waals surface area (Å²) in [5.41, 5.74) is 3.88. The molecule has 0 nitrogen and oxygen atoms in total. The SMILES string of the molecule is CC(C)=CCC[C@@H](C)[C@@H]1CCC2(C)[C@@H]3C(C)=CC[C@H]2[C@H]13. The summed E-state index contributed by atoms with van der Waals surface area (Å²) in [5.74, 6) is 4.89. The molecule has 4 aliphatic rings. The van der Waals surface area contributed by atoms with E-state index >= 15 is 0 Å². The maximum Gasteiger partial charge on any atom is -0.0115 e. The second kappa shape index (κ2) is 5.04. The molecule has 1 unspecified atom stereocenters. The highest BCUT2D eigenvalue weighted by Crippen LogP contribution is 2.72. The molecule has 0 aromatic rings. The molecule has 6 atom stereocenters. The van der Waals surface area contributed by atoms with Crippen molar-refractivity contribution in [1.29, 1.82) is 0 Å². The molecule has 112 valence electrons. The molecule has 20 heavy (non-hydrogen) atoms. The fourth-order valence-electron chi connectivity index (χ4n) is 5.98. The molecular weight excluding hydrogens is 240 g/mol. The summed E-state index contributed by atoms with van der Waals surface area (Å²) in [5, 5.41) is 0. The van der Waals surface area contributed by atoms with Gasteiger partial charge in [-0.25, -0.2) is 0 Å². The van der Waals surface area contributed by atoms with E-state index in [-0.39, 0.29) is 0 Å². The van der Waals surface area contributed by atoms with E-state index in [4.69, 9.17) is 0 Å². The quantitative estimate of drug-likeness (QED) is 0.551. The minimum atomic E-state index is 0.680. The summed E-state index contributed by atoms with van der Waals surface area (Å²) < 4.78 is 0. The molecule has 4 aliphatic carbocycles. The number of rotatable bonds is 4. The molecule has 0 radical (unpaired) electrons. The predicted octanol–water partition coefficient (Wildman–Crippen LogP) is 6.00. The molecule has 0 spiro atoms. The maximum atomic E-state index is 2.58. The van der Waals surface area contributed by atoms with Gasteiger partial charge < -0.3 is 0 Å². The van der Waals surface area contributed by atoms with Gasteiger partial charge in [-0.2, -0.15) is 0 Å². The van der Waals surface area contributed by atoms with E-state index in [0.717, 1.165) is 29.6 Å². The monoisotopic (exact) mass is 272 g/mol. The van der Waals surface area contributed by atoms with Crippen molar-refractivity contribution in [3.8, 4) is 0 Å². The van der Waals surface area contributed by atoms with E-state index in [1.165, 1.54) is 37.7 Å². The van der Waals surface area contributed by atoms with Crippen molar-refractivity contribution in [3.05, 3.63) is 23.3 Å². The largest absolute Gasteiger partial charge is 0.0859 e. The summed E-state index contributed by atoms with van der Waals surface area (Å²) in [6, 6.07) is 0. The predicted molar refractivity (Wildman–Crippen MR) is 87.5 cm³/mol. The summed E-state index contributed by atoms with van der Waals surface area (Å²) in [6.07, 6.45) is 12.0. The first-order valence-electron chi connectivity index (χ1n) is 8.75. The smallest absolute Gasteiger partial charge is 0.0115 e. The molecule has 0 heterocycles. The normalized spacial score (nSPS) is 43.4. The molecule has 4 bridgehead atoms. The van der Waals surface area contributed by atoms with Crippen molar-refractivity contribution >= 4 is 0 Å². The van der Waals surface area contributed by atoms with Gasteiger partial charge in [0.1, 0.15) is 0 Å². The highest BCUT2D eigenvalue weighted by atomic mass is 14.7. The summed E-state index contributed by atoms with van der Waals surface area (Å²) >= 11 is 0. The second-order valence-corrected chi connectivity index (χ2v) is 8.39. The molecule has 4 rings (SSSR count). The van der Waals surface area contributed by atoms with Crippen molar-refractivity contribution in [2.75, 3.05) is 0 Å². The molecule has 0 heteroatoms. The van der Waals surface area contributed by atoms with Crippen molar-refractivity contribution in [1.82, 2.24) is 0 Å². The first kappa shape index (κ1) is 14.4. The van der Waals surface area contributed by atoms with Crippen LogP contribution in [0.1, 0.15) is 66.7 Å². The highest BCUT2D eigenvalue weighted by Gasteiger charge is 2.65. The van der Waals surface area contributed by atoms with Crippen LogP contribution in [-0.2, 0) is 0 Å². The Labute approximate surface area is 125 Å². The zero-order valence-corrected chi connectivity index (χ0v) is 14.1. The van der Waals surface area contributed by atoms with E-state index in [9.17, 15) is 0 Å². The van der Waals surface area contributed by atoms with Crippen LogP contribution in [0.4, 0.5) is 0 Å².